The van der Waals surface area contributed by atoms with Crippen LogP contribution in [0.3, 0.4) is 0 Å². The van der Waals surface area contributed by atoms with Gasteiger partial charge in [-0.15, -0.1) is 0 Å². The summed E-state index contributed by atoms with van der Waals surface area (Å²) in [5.74, 6) is -1.03. The minimum atomic E-state index is -0.707. The van der Waals surface area contributed by atoms with Crippen molar-refractivity contribution in [3.05, 3.63) is 10.4 Å². The standard InChI is InChI=1S/C4H5BrN4O2/c5-1-3(10)7-2-4(11)8-9-6/h1-2H2,(H,7,10). The molecule has 0 aromatic rings. The van der Waals surface area contributed by atoms with Crippen molar-refractivity contribution >= 4 is 27.7 Å². The molecular weight excluding hydrogens is 216 g/mol. The maximum atomic E-state index is 10.5. The van der Waals surface area contributed by atoms with Gasteiger partial charge in [-0.1, -0.05) is 15.9 Å². The molecule has 0 saturated carbocycles. The van der Waals surface area contributed by atoms with Crippen molar-refractivity contribution in [3.8, 4) is 0 Å². The van der Waals surface area contributed by atoms with Crippen molar-refractivity contribution in [3.63, 3.8) is 0 Å². The van der Waals surface area contributed by atoms with E-state index >= 15 is 0 Å². The molecular formula is C4H5BrN4O2. The van der Waals surface area contributed by atoms with Crippen LogP contribution in [0.25, 0.3) is 10.4 Å². The molecule has 0 aromatic heterocycles. The van der Waals surface area contributed by atoms with E-state index in [4.69, 9.17) is 5.53 Å². The van der Waals surface area contributed by atoms with Gasteiger partial charge in [-0.2, -0.15) is 0 Å². The molecule has 0 radical (unpaired) electrons. The lowest BCUT2D eigenvalue weighted by atomic mass is 10.6. The largest absolute Gasteiger partial charge is 0.348 e. The average Bonchev–Trinajstić information content (AvgIpc) is 2.01. The molecule has 0 atom stereocenters. The number of alkyl halides is 1. The molecule has 7 heteroatoms. The third-order valence-electron chi connectivity index (χ3n) is 0.714. The fraction of sp³-hybridized carbons (Fsp3) is 0.500. The van der Waals surface area contributed by atoms with Gasteiger partial charge in [-0.3, -0.25) is 9.59 Å². The zero-order valence-corrected chi connectivity index (χ0v) is 7.04. The SMILES string of the molecule is [N-]=[N+]=NC(=O)CNC(=O)CBr. The quantitative estimate of drug-likeness (QED) is 0.321. The molecule has 1 N–H and O–H groups in total. The molecule has 6 nitrogen and oxygen atoms in total. The van der Waals surface area contributed by atoms with Crippen LogP contribution in [0, 0.1) is 0 Å². The number of amides is 2. The molecule has 0 aliphatic rings. The average molecular weight is 221 g/mol. The summed E-state index contributed by atoms with van der Waals surface area (Å²) in [6.07, 6.45) is 0. The van der Waals surface area contributed by atoms with Crippen LogP contribution in [-0.4, -0.2) is 23.7 Å². The highest BCUT2D eigenvalue weighted by Crippen LogP contribution is 1.79. The van der Waals surface area contributed by atoms with Crippen LogP contribution in [0.4, 0.5) is 0 Å². The summed E-state index contributed by atoms with van der Waals surface area (Å²) < 4.78 is 0. The third-order valence-corrected chi connectivity index (χ3v) is 1.22. The van der Waals surface area contributed by atoms with Gasteiger partial charge in [0.15, 0.2) is 0 Å². The third kappa shape index (κ3) is 5.38. The Hall–Kier alpha value is -1.07. The first-order valence-electron chi connectivity index (χ1n) is 2.61. The Morgan fingerprint density at radius 1 is 1.64 bits per heavy atom. The lowest BCUT2D eigenvalue weighted by Gasteiger charge is -1.96. The highest BCUT2D eigenvalue weighted by atomic mass is 79.9. The number of hydrogen-bond acceptors (Lipinski definition) is 2. The smallest absolute Gasteiger partial charge is 0.237 e. The van der Waals surface area contributed by atoms with E-state index in [1.165, 1.54) is 0 Å². The number of hydrogen-bond donors (Lipinski definition) is 1. The van der Waals surface area contributed by atoms with Gasteiger partial charge in [0, 0.05) is 4.91 Å². The van der Waals surface area contributed by atoms with Crippen molar-refractivity contribution in [2.24, 2.45) is 5.11 Å². The normalized spacial score (nSPS) is 8.09. The maximum Gasteiger partial charge on any atom is 0.237 e. The number of carbonyl (C=O) groups is 2. The highest BCUT2D eigenvalue weighted by Gasteiger charge is 2.00. The van der Waals surface area contributed by atoms with E-state index in [0.29, 0.717) is 0 Å². The van der Waals surface area contributed by atoms with Crippen LogP contribution < -0.4 is 5.32 Å². The van der Waals surface area contributed by atoms with E-state index in [1.54, 1.807) is 0 Å². The zero-order valence-electron chi connectivity index (χ0n) is 5.45. The van der Waals surface area contributed by atoms with Gasteiger partial charge in [-0.25, -0.2) is 0 Å². The second kappa shape index (κ2) is 5.70. The Morgan fingerprint density at radius 3 is 2.73 bits per heavy atom. The number of halogens is 1. The molecule has 0 spiro atoms. The van der Waals surface area contributed by atoms with Crippen LogP contribution in [0.5, 0.6) is 0 Å². The van der Waals surface area contributed by atoms with Crippen molar-refractivity contribution in [1.82, 2.24) is 5.32 Å². The summed E-state index contributed by atoms with van der Waals surface area (Å²) in [5.41, 5.74) is 7.77. The minimum Gasteiger partial charge on any atom is -0.348 e. The highest BCUT2D eigenvalue weighted by molar-refractivity contribution is 9.09. The predicted octanol–water partition coefficient (Wildman–Crippen LogP) is 0.334. The van der Waals surface area contributed by atoms with Crippen LogP contribution in [0.2, 0.25) is 0 Å². The first-order valence-corrected chi connectivity index (χ1v) is 3.73. The molecule has 11 heavy (non-hydrogen) atoms. The molecule has 0 aliphatic carbocycles. The van der Waals surface area contributed by atoms with Gasteiger partial charge >= 0.3 is 0 Å². The fourth-order valence-electron chi connectivity index (χ4n) is 0.307. The van der Waals surface area contributed by atoms with E-state index in [0.717, 1.165) is 0 Å². The van der Waals surface area contributed by atoms with Gasteiger partial charge < -0.3 is 5.32 Å². The molecule has 2 amide bonds. The van der Waals surface area contributed by atoms with Crippen LogP contribution in [0.15, 0.2) is 5.11 Å². The summed E-state index contributed by atoms with van der Waals surface area (Å²) in [4.78, 5) is 23.1. The number of azide groups is 1. The molecule has 0 fully saturated rings. The van der Waals surface area contributed by atoms with Gasteiger partial charge in [0.2, 0.25) is 11.8 Å². The van der Waals surface area contributed by atoms with Crippen molar-refractivity contribution in [1.29, 1.82) is 0 Å². The van der Waals surface area contributed by atoms with Crippen LogP contribution in [-0.2, 0) is 9.59 Å². The van der Waals surface area contributed by atoms with Gasteiger partial charge in [0.1, 0.15) is 0 Å². The fourth-order valence-corrected chi connectivity index (χ4v) is 0.505. The van der Waals surface area contributed by atoms with Crippen LogP contribution >= 0.6 is 15.9 Å². The van der Waals surface area contributed by atoms with E-state index in [2.05, 4.69) is 31.3 Å². The molecule has 0 heterocycles. The summed E-state index contributed by atoms with van der Waals surface area (Å²) >= 11 is 2.88. The molecule has 0 aromatic carbocycles. The number of carbonyl (C=O) groups excluding carboxylic acids is 2. The Kier molecular flexibility index (Phi) is 5.14. The Balaban J connectivity index is 3.62. The Bertz CT molecular complexity index is 210. The lowest BCUT2D eigenvalue weighted by Crippen LogP contribution is -2.29. The van der Waals surface area contributed by atoms with Crippen molar-refractivity contribution in [2.45, 2.75) is 0 Å². The predicted molar refractivity (Wildman–Crippen MR) is 41.0 cm³/mol. The minimum absolute atomic E-state index is 0.122. The van der Waals surface area contributed by atoms with Crippen molar-refractivity contribution < 1.29 is 9.59 Å². The molecule has 0 saturated heterocycles. The summed E-state index contributed by atoms with van der Waals surface area (Å²) in [6, 6.07) is 0. The van der Waals surface area contributed by atoms with Gasteiger partial charge in [0.05, 0.1) is 11.9 Å². The molecule has 0 rings (SSSR count). The first kappa shape index (κ1) is 9.93. The monoisotopic (exact) mass is 220 g/mol. The maximum absolute atomic E-state index is 10.5. The Morgan fingerprint density at radius 2 is 2.27 bits per heavy atom. The summed E-state index contributed by atoms with van der Waals surface area (Å²) in [5, 5.41) is 5.08. The van der Waals surface area contributed by atoms with Gasteiger partial charge in [-0.05, 0) is 10.6 Å². The zero-order chi connectivity index (χ0) is 8.69. The molecule has 0 unspecified atom stereocenters. The second-order valence-electron chi connectivity index (χ2n) is 1.49. The molecule has 60 valence electrons. The number of rotatable bonds is 3. The van der Waals surface area contributed by atoms with Gasteiger partial charge in [0.25, 0.3) is 0 Å². The lowest BCUT2D eigenvalue weighted by molar-refractivity contribution is -0.123. The number of nitrogens with zero attached hydrogens (tertiary/aromatic N) is 3. The topological polar surface area (TPSA) is 94.9 Å². The second-order valence-corrected chi connectivity index (χ2v) is 2.05. The number of nitrogens with one attached hydrogen (secondary N) is 1. The van der Waals surface area contributed by atoms with Crippen LogP contribution in [0.1, 0.15) is 0 Å². The van der Waals surface area contributed by atoms with E-state index < -0.39 is 5.91 Å². The van der Waals surface area contributed by atoms with E-state index in [9.17, 15) is 9.59 Å². The van der Waals surface area contributed by atoms with Crippen molar-refractivity contribution in [2.75, 3.05) is 11.9 Å². The van der Waals surface area contributed by atoms with E-state index in [-0.39, 0.29) is 17.8 Å². The first-order chi connectivity index (χ1) is 5.20. The Labute approximate surface area is 70.7 Å². The molecule has 0 bridgehead atoms. The summed E-state index contributed by atoms with van der Waals surface area (Å²) in [6.45, 7) is -0.255. The van der Waals surface area contributed by atoms with E-state index in [1.807, 2.05) is 0 Å². The summed E-state index contributed by atoms with van der Waals surface area (Å²) in [7, 11) is 0. The molecule has 0 aliphatic heterocycles.